The lowest BCUT2D eigenvalue weighted by Gasteiger charge is -2.34. The highest BCUT2D eigenvalue weighted by atomic mass is 16.5. The summed E-state index contributed by atoms with van der Waals surface area (Å²) in [5, 5.41) is 1.46. The number of nitrogens with zero attached hydrogens (tertiary/aromatic N) is 2. The van der Waals surface area contributed by atoms with Gasteiger partial charge in [-0.2, -0.15) is 0 Å². The van der Waals surface area contributed by atoms with E-state index >= 15 is 38.4 Å². The van der Waals surface area contributed by atoms with Crippen molar-refractivity contribution in [3.8, 4) is 46.0 Å². The van der Waals surface area contributed by atoms with Crippen LogP contribution in [-0.4, -0.2) is 46.8 Å². The van der Waals surface area contributed by atoms with Gasteiger partial charge in [-0.25, -0.2) is 9.80 Å². The lowest BCUT2D eigenvalue weighted by molar-refractivity contribution is 0.0875. The molecule has 0 fully saturated rings. The van der Waals surface area contributed by atoms with Crippen LogP contribution in [0.3, 0.4) is 0 Å². The molecule has 0 spiro atoms. The molecule has 4 amide bonds. The van der Waals surface area contributed by atoms with Gasteiger partial charge >= 0.3 is 0 Å². The number of hydrogen-bond acceptors (Lipinski definition) is 12. The van der Waals surface area contributed by atoms with Crippen molar-refractivity contribution in [2.45, 2.75) is 105 Å². The van der Waals surface area contributed by atoms with Crippen LogP contribution in [0.25, 0.3) is 43.1 Å². The molecule has 0 saturated carbocycles. The Morgan fingerprint density at radius 3 is 0.610 bits per heavy atom. The molecule has 15 aromatic rings. The minimum atomic E-state index is -0.931. The summed E-state index contributed by atoms with van der Waals surface area (Å²) >= 11 is 0. The minimum absolute atomic E-state index is 0.00815. The zero-order chi connectivity index (χ0) is 82.8. The number of ketones is 4. The summed E-state index contributed by atoms with van der Waals surface area (Å²) in [6.07, 6.45) is 0. The third-order valence-electron chi connectivity index (χ3n) is 22.3. The van der Waals surface area contributed by atoms with Crippen molar-refractivity contribution in [1.82, 2.24) is 0 Å². The second kappa shape index (κ2) is 28.9. The second-order valence-electron chi connectivity index (χ2n) is 34.3. The molecule has 0 bridgehead atoms. The van der Waals surface area contributed by atoms with Gasteiger partial charge in [0.15, 0.2) is 23.1 Å². The molecule has 2 heterocycles. The molecule has 17 rings (SSSR count). The SMILES string of the molecule is CC(C)(C)c1ccc(Oc2cc3c4c(cc(Oc5ccc(C(C)(C)C)cc5)c5c6c(Oc7ccc(C(C)(C)C)cc7)cc7c8c(cc(Oc9ccc(C(C)(C)C)cc9)c(c2c45)c86)C(=O)N(c2c(C(=O)c4ccccc4)cccc2C(=O)c2ccccc2)C7=O)C(=O)N(c2c(C(=O)c4ccccc4)cccc2C(=O)c2ccccc2)C3=O)cc1. The molecule has 2 aliphatic rings. The normalized spacial score (nSPS) is 13.1. The van der Waals surface area contributed by atoms with E-state index in [9.17, 15) is 0 Å². The first kappa shape index (κ1) is 76.4. The molecule has 0 atom stereocenters. The van der Waals surface area contributed by atoms with Crippen LogP contribution in [0.5, 0.6) is 46.0 Å². The minimum Gasteiger partial charge on any atom is -0.457 e. The summed E-state index contributed by atoms with van der Waals surface area (Å²) in [7, 11) is 0. The molecule has 0 aliphatic carbocycles. The van der Waals surface area contributed by atoms with Crippen LogP contribution in [0.4, 0.5) is 11.4 Å². The Morgan fingerprint density at radius 2 is 0.424 bits per heavy atom. The van der Waals surface area contributed by atoms with Crippen molar-refractivity contribution in [1.29, 1.82) is 0 Å². The maximum absolute atomic E-state index is 17.1. The van der Waals surface area contributed by atoms with Gasteiger partial charge in [0.05, 0.1) is 33.6 Å². The number of benzene rings is 15. The molecule has 14 heteroatoms. The number of amides is 4. The van der Waals surface area contributed by atoms with Crippen molar-refractivity contribution in [2.75, 3.05) is 9.80 Å². The van der Waals surface area contributed by atoms with Crippen LogP contribution in [0.2, 0.25) is 0 Å². The van der Waals surface area contributed by atoms with E-state index in [2.05, 4.69) is 83.1 Å². The summed E-state index contributed by atoms with van der Waals surface area (Å²) in [5.74, 6) is -4.80. The van der Waals surface area contributed by atoms with E-state index in [0.29, 0.717) is 23.0 Å². The molecule has 15 aromatic carbocycles. The molecule has 2 aliphatic heterocycles. The third-order valence-corrected chi connectivity index (χ3v) is 22.3. The number of anilines is 2. The molecule has 118 heavy (non-hydrogen) atoms. The fourth-order valence-electron chi connectivity index (χ4n) is 16.1. The fraction of sp³-hybridized carbons (Fsp3) is 0.154. The Bertz CT molecular complexity index is 5890. The summed E-state index contributed by atoms with van der Waals surface area (Å²) < 4.78 is 29.9. The molecule has 0 radical (unpaired) electrons. The summed E-state index contributed by atoms with van der Waals surface area (Å²) in [5.41, 5.74) is 2.10. The first-order valence-corrected chi connectivity index (χ1v) is 39.3. The van der Waals surface area contributed by atoms with Crippen molar-refractivity contribution in [3.63, 3.8) is 0 Å². The average Bonchev–Trinajstić information content (AvgIpc) is 0.668. The third kappa shape index (κ3) is 13.4. The molecule has 14 nitrogen and oxygen atoms in total. The number of hydrogen-bond donors (Lipinski definition) is 0. The van der Waals surface area contributed by atoms with Crippen molar-refractivity contribution >= 4 is 101 Å². The first-order valence-electron chi connectivity index (χ1n) is 39.3. The number of carbonyl (C=O) groups is 8. The monoisotopic (exact) mass is 1550 g/mol. The smallest absolute Gasteiger partial charge is 0.266 e. The molecule has 580 valence electrons. The summed E-state index contributed by atoms with van der Waals surface area (Å²) in [6, 6.07) is 79.1. The van der Waals surface area contributed by atoms with Crippen LogP contribution in [0.15, 0.2) is 279 Å². The summed E-state index contributed by atoms with van der Waals surface area (Å²) in [6.45, 7) is 25.1. The molecular weight excluding hydrogens is 1470 g/mol. The van der Waals surface area contributed by atoms with Gasteiger partial charge in [-0.15, -0.1) is 0 Å². The van der Waals surface area contributed by atoms with E-state index in [-0.39, 0.29) is 166 Å². The van der Waals surface area contributed by atoms with Gasteiger partial charge < -0.3 is 18.9 Å². The van der Waals surface area contributed by atoms with E-state index in [1.54, 1.807) is 158 Å². The number of ether oxygens (including phenoxy) is 4. The average molecular weight is 1550 g/mol. The number of fused-ring (bicyclic) bond motifs is 2. The lowest BCUT2D eigenvalue weighted by Crippen LogP contribution is -2.42. The topological polar surface area (TPSA) is 180 Å². The van der Waals surface area contributed by atoms with Gasteiger partial charge in [0, 0.05) is 87.6 Å². The highest BCUT2D eigenvalue weighted by molar-refractivity contribution is 6.49. The number of para-hydroxylation sites is 2. The maximum atomic E-state index is 17.1. The fourth-order valence-corrected chi connectivity index (χ4v) is 16.1. The Labute approximate surface area is 683 Å². The Morgan fingerprint density at radius 1 is 0.229 bits per heavy atom. The second-order valence-corrected chi connectivity index (χ2v) is 34.3. The zero-order valence-electron chi connectivity index (χ0n) is 67.4. The highest BCUT2D eigenvalue weighted by Crippen LogP contribution is 2.59. The van der Waals surface area contributed by atoms with Gasteiger partial charge in [-0.05, 0) is 141 Å². The number of imide groups is 2. The molecular formula is C104H82N2O12. The Kier molecular flexibility index (Phi) is 18.7. The van der Waals surface area contributed by atoms with E-state index in [1.807, 2.05) is 97.1 Å². The van der Waals surface area contributed by atoms with Crippen LogP contribution in [-0.2, 0) is 21.7 Å². The van der Waals surface area contributed by atoms with Crippen LogP contribution in [0.1, 0.15) is 210 Å². The van der Waals surface area contributed by atoms with E-state index in [0.717, 1.165) is 32.1 Å². The predicted octanol–water partition coefficient (Wildman–Crippen LogP) is 24.6. The van der Waals surface area contributed by atoms with Crippen LogP contribution < -0.4 is 28.7 Å². The van der Waals surface area contributed by atoms with E-state index in [1.165, 1.54) is 24.3 Å². The van der Waals surface area contributed by atoms with Crippen LogP contribution in [0, 0.1) is 0 Å². The van der Waals surface area contributed by atoms with Crippen molar-refractivity contribution in [2.24, 2.45) is 0 Å². The predicted molar refractivity (Wildman–Crippen MR) is 463 cm³/mol. The molecule has 0 saturated heterocycles. The first-order chi connectivity index (χ1) is 56.4. The quantitative estimate of drug-likeness (QED) is 0.0344. The van der Waals surface area contributed by atoms with Crippen molar-refractivity contribution < 1.29 is 57.3 Å². The van der Waals surface area contributed by atoms with Gasteiger partial charge in [0.1, 0.15) is 46.0 Å². The van der Waals surface area contributed by atoms with Gasteiger partial charge in [0.2, 0.25) is 0 Å². The highest BCUT2D eigenvalue weighted by Gasteiger charge is 2.46. The largest absolute Gasteiger partial charge is 0.457 e. The lowest BCUT2D eigenvalue weighted by atomic mass is 9.80. The molecule has 0 N–H and O–H groups in total. The Balaban J connectivity index is 1.05. The van der Waals surface area contributed by atoms with E-state index in [4.69, 9.17) is 18.9 Å². The van der Waals surface area contributed by atoms with Crippen LogP contribution >= 0.6 is 0 Å². The van der Waals surface area contributed by atoms with Gasteiger partial charge in [-0.1, -0.05) is 265 Å². The molecule has 0 aromatic heterocycles. The number of carbonyl (C=O) groups excluding carboxylic acids is 8. The zero-order valence-corrected chi connectivity index (χ0v) is 67.4. The maximum Gasteiger partial charge on any atom is 0.266 e. The number of rotatable bonds is 18. The van der Waals surface area contributed by atoms with Crippen molar-refractivity contribution in [3.05, 3.63) is 368 Å². The summed E-state index contributed by atoms with van der Waals surface area (Å²) in [4.78, 5) is 132. The van der Waals surface area contributed by atoms with Gasteiger partial charge in [0.25, 0.3) is 23.6 Å². The van der Waals surface area contributed by atoms with E-state index < -0.39 is 46.8 Å². The molecule has 0 unspecified atom stereocenters. The standard InChI is InChI=1S/C104H82N2O12/c1-101(2,3)63-39-47-67(48-40-63)115-79-55-75-83-76(98(112)105(97(75)111)91-71(93(107)59-27-17-13-18-28-59)35-25-36-72(91)94(108)60-29-19-14-20-30-60)57-81(117-69-51-43-65(44-52-69)103(7,8)9)87-88-82(118-70-53-45-66(46-54-70)104(10,11)12)58-78-84-77(56-80(86(90(84)88)85(79)89(83)87)116-68-49-41-64(42-50-68)102(4,5)6)99(113)106(100(78)114)92-73(95(109)61-31-21-15-22-32-61)37-26-38-74(92)96(110)62-33-23-16-24-34-62/h13-58H,1-12H3. The van der Waals surface area contributed by atoms with Gasteiger partial charge in [-0.3, -0.25) is 38.4 Å². The Hall–Kier alpha value is -14.2.